The quantitative estimate of drug-likeness (QED) is 0.479. The molecule has 1 atom stereocenters. The van der Waals surface area contributed by atoms with Crippen molar-refractivity contribution in [2.24, 2.45) is 0 Å². The summed E-state index contributed by atoms with van der Waals surface area (Å²) in [7, 11) is 1.44. The molecule has 0 spiro atoms. The maximum atomic E-state index is 13.4. The Balaban J connectivity index is 2.04. The zero-order chi connectivity index (χ0) is 25.0. The van der Waals surface area contributed by atoms with E-state index in [1.165, 1.54) is 40.8 Å². The number of methoxy groups -OCH3 is 1. The maximum Gasteiger partial charge on any atom is 0.418 e. The highest BCUT2D eigenvalue weighted by Crippen LogP contribution is 2.35. The number of ether oxygens (including phenoxy) is 1. The number of anilines is 1. The van der Waals surface area contributed by atoms with Gasteiger partial charge in [-0.05, 0) is 44.2 Å². The third-order valence-electron chi connectivity index (χ3n) is 5.37. The molecular weight excluding hydrogens is 473 g/mol. The minimum Gasteiger partial charge on any atom is -0.383 e. The number of nitrogens with one attached hydrogen (secondary N) is 1. The number of urea groups is 1. The third kappa shape index (κ3) is 5.34. The Hall–Kier alpha value is -3.11. The Morgan fingerprint density at radius 3 is 2.62 bits per heavy atom. The molecule has 1 N–H and O–H groups in total. The smallest absolute Gasteiger partial charge is 0.383 e. The van der Waals surface area contributed by atoms with E-state index in [0.717, 1.165) is 6.07 Å². The Kier molecular flexibility index (Phi) is 7.83. The molecule has 0 aliphatic rings. The molecule has 2 aromatic carbocycles. The molecule has 0 saturated heterocycles. The molecule has 34 heavy (non-hydrogen) atoms. The fourth-order valence-electron chi connectivity index (χ4n) is 3.66. The van der Waals surface area contributed by atoms with Crippen molar-refractivity contribution in [3.63, 3.8) is 0 Å². The topological polar surface area (TPSA) is 76.5 Å². The van der Waals surface area contributed by atoms with Crippen LogP contribution in [0.3, 0.4) is 0 Å². The highest BCUT2D eigenvalue weighted by atomic mass is 35.5. The summed E-state index contributed by atoms with van der Waals surface area (Å²) in [5, 5.41) is 3.07. The number of amides is 2. The van der Waals surface area contributed by atoms with Crippen molar-refractivity contribution in [1.29, 1.82) is 0 Å². The lowest BCUT2D eigenvalue weighted by Gasteiger charge is -2.30. The summed E-state index contributed by atoms with van der Waals surface area (Å²) in [6.07, 6.45) is -4.64. The molecule has 182 valence electrons. The second-order valence-corrected chi connectivity index (χ2v) is 7.95. The van der Waals surface area contributed by atoms with Gasteiger partial charge in [0.25, 0.3) is 5.56 Å². The largest absolute Gasteiger partial charge is 0.418 e. The lowest BCUT2D eigenvalue weighted by molar-refractivity contribution is -0.136. The minimum absolute atomic E-state index is 0.0515. The number of rotatable bonds is 7. The molecule has 1 heterocycles. The van der Waals surface area contributed by atoms with Crippen LogP contribution in [0.4, 0.5) is 23.7 Å². The van der Waals surface area contributed by atoms with Gasteiger partial charge in [-0.25, -0.2) is 9.78 Å². The molecule has 3 rings (SSSR count). The number of carbonyl (C=O) groups excluding carboxylic acids is 1. The van der Waals surface area contributed by atoms with Crippen molar-refractivity contribution in [2.45, 2.75) is 32.6 Å². The van der Waals surface area contributed by atoms with Gasteiger partial charge >= 0.3 is 12.2 Å². The van der Waals surface area contributed by atoms with Crippen LogP contribution in [-0.4, -0.2) is 40.7 Å². The first-order valence-electron chi connectivity index (χ1n) is 10.5. The molecule has 2 amide bonds. The number of halogens is 4. The van der Waals surface area contributed by atoms with Crippen LogP contribution in [0.2, 0.25) is 5.02 Å². The number of benzene rings is 2. The summed E-state index contributed by atoms with van der Waals surface area (Å²) >= 11 is 6.03. The van der Waals surface area contributed by atoms with Gasteiger partial charge in [0, 0.05) is 25.2 Å². The van der Waals surface area contributed by atoms with Crippen molar-refractivity contribution in [3.8, 4) is 0 Å². The Morgan fingerprint density at radius 1 is 1.26 bits per heavy atom. The van der Waals surface area contributed by atoms with Crippen LogP contribution in [0.15, 0.2) is 47.3 Å². The molecule has 7 nitrogen and oxygen atoms in total. The monoisotopic (exact) mass is 496 g/mol. The number of fused-ring (bicyclic) bond motifs is 1. The van der Waals surface area contributed by atoms with Gasteiger partial charge in [0.2, 0.25) is 0 Å². The molecule has 0 saturated carbocycles. The van der Waals surface area contributed by atoms with Crippen LogP contribution in [0.1, 0.15) is 31.3 Å². The minimum atomic E-state index is -4.64. The van der Waals surface area contributed by atoms with Crippen LogP contribution >= 0.6 is 11.6 Å². The second-order valence-electron chi connectivity index (χ2n) is 7.52. The van der Waals surface area contributed by atoms with Gasteiger partial charge < -0.3 is 15.0 Å². The zero-order valence-corrected chi connectivity index (χ0v) is 19.6. The van der Waals surface area contributed by atoms with Crippen LogP contribution in [-0.2, 0) is 17.5 Å². The SMILES string of the molecule is CCn1c(C(C)N(CCOC)C(=O)Nc2ccccc2C(F)(F)F)nc2ccc(Cl)cc2c1=O. The van der Waals surface area contributed by atoms with Crippen LogP contribution < -0.4 is 10.9 Å². The van der Waals surface area contributed by atoms with E-state index >= 15 is 0 Å². The van der Waals surface area contributed by atoms with Crippen molar-refractivity contribution in [2.75, 3.05) is 25.6 Å². The van der Waals surface area contributed by atoms with E-state index in [-0.39, 0.29) is 36.8 Å². The Morgan fingerprint density at radius 2 is 1.97 bits per heavy atom. The molecule has 0 fully saturated rings. The van der Waals surface area contributed by atoms with Crippen molar-refractivity contribution in [1.82, 2.24) is 14.5 Å². The third-order valence-corrected chi connectivity index (χ3v) is 5.61. The Labute approximate surface area is 199 Å². The molecule has 11 heteroatoms. The number of nitrogens with zero attached hydrogens (tertiary/aromatic N) is 3. The van der Waals surface area contributed by atoms with Crippen molar-refractivity contribution in [3.05, 3.63) is 69.2 Å². The average molecular weight is 497 g/mol. The first kappa shape index (κ1) is 25.5. The van der Waals surface area contributed by atoms with Crippen LogP contribution in [0.25, 0.3) is 10.9 Å². The van der Waals surface area contributed by atoms with E-state index in [1.54, 1.807) is 26.0 Å². The number of alkyl halides is 3. The summed E-state index contributed by atoms with van der Waals surface area (Å²) in [5.74, 6) is 0.290. The molecular formula is C23H24ClF3N4O3. The predicted octanol–water partition coefficient (Wildman–Crippen LogP) is 5.33. The van der Waals surface area contributed by atoms with E-state index in [9.17, 15) is 22.8 Å². The fraction of sp³-hybridized carbons (Fsp3) is 0.348. The van der Waals surface area contributed by atoms with Gasteiger partial charge in [-0.3, -0.25) is 9.36 Å². The van der Waals surface area contributed by atoms with E-state index in [1.807, 2.05) is 0 Å². The first-order valence-corrected chi connectivity index (χ1v) is 10.9. The summed E-state index contributed by atoms with van der Waals surface area (Å²) in [5.41, 5.74) is -1.26. The van der Waals surface area contributed by atoms with E-state index in [0.29, 0.717) is 15.9 Å². The second kappa shape index (κ2) is 10.4. The van der Waals surface area contributed by atoms with Crippen LogP contribution in [0, 0.1) is 0 Å². The summed E-state index contributed by atoms with van der Waals surface area (Å²) in [6, 6.07) is 7.90. The molecule has 3 aromatic rings. The summed E-state index contributed by atoms with van der Waals surface area (Å²) in [6.45, 7) is 3.86. The van der Waals surface area contributed by atoms with E-state index < -0.39 is 23.8 Å². The van der Waals surface area contributed by atoms with Gasteiger partial charge in [-0.15, -0.1) is 0 Å². The molecule has 1 aromatic heterocycles. The summed E-state index contributed by atoms with van der Waals surface area (Å²) in [4.78, 5) is 32.1. The number of carbonyl (C=O) groups is 1. The average Bonchev–Trinajstić information content (AvgIpc) is 2.79. The Bertz CT molecular complexity index is 1250. The van der Waals surface area contributed by atoms with Crippen molar-refractivity contribution >= 4 is 34.2 Å². The van der Waals surface area contributed by atoms with Crippen LogP contribution in [0.5, 0.6) is 0 Å². The lowest BCUT2D eigenvalue weighted by atomic mass is 10.1. The molecule has 0 bridgehead atoms. The highest BCUT2D eigenvalue weighted by Gasteiger charge is 2.34. The van der Waals surface area contributed by atoms with Gasteiger partial charge in [0.1, 0.15) is 5.82 Å². The standard InChI is InChI=1S/C23H24ClF3N4O3/c1-4-30-20(28-18-10-9-15(24)13-16(18)21(30)32)14(2)31(11-12-34-3)22(33)29-19-8-6-5-7-17(19)23(25,26)27/h5-10,13-14H,4,11-12H2,1-3H3,(H,29,33). The number of hydrogen-bond donors (Lipinski definition) is 1. The number of hydrogen-bond acceptors (Lipinski definition) is 4. The van der Waals surface area contributed by atoms with Gasteiger partial charge in [-0.1, -0.05) is 23.7 Å². The van der Waals surface area contributed by atoms with E-state index in [2.05, 4.69) is 10.3 Å². The van der Waals surface area contributed by atoms with Gasteiger partial charge in [-0.2, -0.15) is 13.2 Å². The maximum absolute atomic E-state index is 13.4. The highest BCUT2D eigenvalue weighted by molar-refractivity contribution is 6.31. The molecule has 0 aliphatic heterocycles. The molecule has 1 unspecified atom stereocenters. The van der Waals surface area contributed by atoms with Gasteiger partial charge in [0.15, 0.2) is 0 Å². The number of aromatic nitrogens is 2. The zero-order valence-electron chi connectivity index (χ0n) is 18.8. The molecule has 0 radical (unpaired) electrons. The summed E-state index contributed by atoms with van der Waals surface area (Å²) < 4.78 is 46.7. The van der Waals surface area contributed by atoms with Gasteiger partial charge in [0.05, 0.1) is 34.8 Å². The lowest BCUT2D eigenvalue weighted by Crippen LogP contribution is -2.42. The fourth-order valence-corrected chi connectivity index (χ4v) is 3.83. The predicted molar refractivity (Wildman–Crippen MR) is 124 cm³/mol. The molecule has 0 aliphatic carbocycles. The van der Waals surface area contributed by atoms with Crippen molar-refractivity contribution < 1.29 is 22.7 Å². The normalized spacial score (nSPS) is 12.6. The number of para-hydroxylation sites is 1. The van der Waals surface area contributed by atoms with E-state index in [4.69, 9.17) is 16.3 Å². The first-order chi connectivity index (χ1) is 16.1.